The number of hydrogen-bond acceptors (Lipinski definition) is 2. The predicted octanol–water partition coefficient (Wildman–Crippen LogP) is -0.360. The standard InChI is InChI=1S/C5H13NO2S/c1-3-9(8)6-5(2)4-7/h5-7H,3-4H2,1-2H3/t5-,9?/m1/s1. The molecule has 0 aromatic carbocycles. The summed E-state index contributed by atoms with van der Waals surface area (Å²) in [6.45, 7) is 3.65. The van der Waals surface area contributed by atoms with Crippen LogP contribution in [0.2, 0.25) is 0 Å². The number of aliphatic hydroxyl groups excluding tert-OH is 1. The normalized spacial score (nSPS) is 17.2. The largest absolute Gasteiger partial charge is 0.395 e. The van der Waals surface area contributed by atoms with Gasteiger partial charge in [0.25, 0.3) is 0 Å². The van der Waals surface area contributed by atoms with Gasteiger partial charge in [-0.1, -0.05) is 6.92 Å². The van der Waals surface area contributed by atoms with Crippen LogP contribution in [0.5, 0.6) is 0 Å². The first-order chi connectivity index (χ1) is 4.20. The molecule has 2 N–H and O–H groups in total. The Labute approximate surface area is 58.1 Å². The summed E-state index contributed by atoms with van der Waals surface area (Å²) in [5.41, 5.74) is 0. The van der Waals surface area contributed by atoms with Gasteiger partial charge >= 0.3 is 0 Å². The Morgan fingerprint density at radius 1 is 1.78 bits per heavy atom. The van der Waals surface area contributed by atoms with Crippen molar-refractivity contribution in [3.63, 3.8) is 0 Å². The van der Waals surface area contributed by atoms with E-state index in [2.05, 4.69) is 4.72 Å². The van der Waals surface area contributed by atoms with E-state index in [0.717, 1.165) is 0 Å². The molecule has 0 spiro atoms. The molecule has 0 saturated carbocycles. The van der Waals surface area contributed by atoms with Crippen LogP contribution in [0.25, 0.3) is 0 Å². The van der Waals surface area contributed by atoms with Gasteiger partial charge in [0.1, 0.15) is 0 Å². The van der Waals surface area contributed by atoms with Crippen LogP contribution < -0.4 is 4.72 Å². The zero-order valence-electron chi connectivity index (χ0n) is 5.76. The summed E-state index contributed by atoms with van der Waals surface area (Å²) in [5.74, 6) is 0.588. The molecular weight excluding hydrogens is 138 g/mol. The maximum absolute atomic E-state index is 10.7. The van der Waals surface area contributed by atoms with Gasteiger partial charge in [0.05, 0.1) is 17.6 Å². The highest BCUT2D eigenvalue weighted by Gasteiger charge is 2.00. The average Bonchev–Trinajstić information content (AvgIpc) is 1.87. The highest BCUT2D eigenvalue weighted by Crippen LogP contribution is 1.81. The van der Waals surface area contributed by atoms with Crippen molar-refractivity contribution in [3.05, 3.63) is 0 Å². The first-order valence-corrected chi connectivity index (χ1v) is 4.28. The molecule has 0 aliphatic heterocycles. The SMILES string of the molecule is CCS(=O)N[C@H](C)CO. The lowest BCUT2D eigenvalue weighted by Crippen LogP contribution is -2.31. The fraction of sp³-hybridized carbons (Fsp3) is 1.00. The Balaban J connectivity index is 3.34. The molecule has 3 nitrogen and oxygen atoms in total. The van der Waals surface area contributed by atoms with E-state index in [0.29, 0.717) is 5.75 Å². The molecule has 0 rings (SSSR count). The van der Waals surface area contributed by atoms with Crippen LogP contribution in [-0.4, -0.2) is 27.7 Å². The average molecular weight is 151 g/mol. The lowest BCUT2D eigenvalue weighted by atomic mass is 10.4. The van der Waals surface area contributed by atoms with Crippen molar-refractivity contribution in [2.24, 2.45) is 0 Å². The van der Waals surface area contributed by atoms with E-state index in [1.54, 1.807) is 6.92 Å². The molecule has 0 aromatic rings. The number of hydrogen-bond donors (Lipinski definition) is 2. The molecule has 0 bridgehead atoms. The maximum atomic E-state index is 10.7. The van der Waals surface area contributed by atoms with Crippen molar-refractivity contribution in [2.45, 2.75) is 19.9 Å². The lowest BCUT2D eigenvalue weighted by molar-refractivity contribution is 0.266. The zero-order valence-corrected chi connectivity index (χ0v) is 6.57. The first kappa shape index (κ1) is 9.07. The molecule has 0 aliphatic rings. The van der Waals surface area contributed by atoms with E-state index in [9.17, 15) is 4.21 Å². The highest BCUT2D eigenvalue weighted by atomic mass is 32.2. The smallest absolute Gasteiger partial charge is 0.0915 e. The Morgan fingerprint density at radius 2 is 2.33 bits per heavy atom. The Kier molecular flexibility index (Phi) is 4.94. The van der Waals surface area contributed by atoms with Crippen molar-refractivity contribution in [1.29, 1.82) is 0 Å². The van der Waals surface area contributed by atoms with Crippen LogP contribution in [0, 0.1) is 0 Å². The molecule has 0 amide bonds. The third kappa shape index (κ3) is 4.57. The van der Waals surface area contributed by atoms with E-state index in [4.69, 9.17) is 5.11 Å². The van der Waals surface area contributed by atoms with Crippen molar-refractivity contribution in [1.82, 2.24) is 4.72 Å². The van der Waals surface area contributed by atoms with Gasteiger partial charge in [-0.05, 0) is 6.92 Å². The molecule has 1 unspecified atom stereocenters. The van der Waals surface area contributed by atoms with Crippen LogP contribution in [-0.2, 0) is 11.0 Å². The second-order valence-corrected chi connectivity index (χ2v) is 3.34. The summed E-state index contributed by atoms with van der Waals surface area (Å²) in [6.07, 6.45) is 0. The summed E-state index contributed by atoms with van der Waals surface area (Å²) in [4.78, 5) is 0. The minimum Gasteiger partial charge on any atom is -0.395 e. The van der Waals surface area contributed by atoms with Gasteiger partial charge in [-0.25, -0.2) is 8.93 Å². The lowest BCUT2D eigenvalue weighted by Gasteiger charge is -2.07. The van der Waals surface area contributed by atoms with Gasteiger partial charge in [-0.15, -0.1) is 0 Å². The molecule has 0 radical (unpaired) electrons. The number of rotatable bonds is 4. The van der Waals surface area contributed by atoms with Crippen molar-refractivity contribution in [3.8, 4) is 0 Å². The van der Waals surface area contributed by atoms with Crippen LogP contribution in [0.1, 0.15) is 13.8 Å². The first-order valence-electron chi connectivity index (χ1n) is 2.96. The van der Waals surface area contributed by atoms with Crippen LogP contribution >= 0.6 is 0 Å². The monoisotopic (exact) mass is 151 g/mol. The molecule has 9 heavy (non-hydrogen) atoms. The van der Waals surface area contributed by atoms with Gasteiger partial charge in [-0.2, -0.15) is 0 Å². The summed E-state index contributed by atoms with van der Waals surface area (Å²) < 4.78 is 13.4. The molecule has 0 aliphatic carbocycles. The summed E-state index contributed by atoms with van der Waals surface area (Å²) in [6, 6.07) is -0.0641. The van der Waals surface area contributed by atoms with Crippen molar-refractivity contribution < 1.29 is 9.32 Å². The highest BCUT2D eigenvalue weighted by molar-refractivity contribution is 7.82. The fourth-order valence-electron chi connectivity index (χ4n) is 0.345. The molecular formula is C5H13NO2S. The quantitative estimate of drug-likeness (QED) is 0.576. The molecule has 56 valence electrons. The van der Waals surface area contributed by atoms with Gasteiger partial charge in [0, 0.05) is 11.8 Å². The van der Waals surface area contributed by atoms with E-state index < -0.39 is 11.0 Å². The number of aliphatic hydroxyl groups is 1. The molecule has 0 fully saturated rings. The Morgan fingerprint density at radius 3 is 2.67 bits per heavy atom. The van der Waals surface area contributed by atoms with Gasteiger partial charge in [0.2, 0.25) is 0 Å². The van der Waals surface area contributed by atoms with E-state index in [1.807, 2.05) is 6.92 Å². The third-order valence-corrected chi connectivity index (χ3v) is 2.06. The Bertz CT molecular complexity index is 97.0. The minimum atomic E-state index is -0.967. The van der Waals surface area contributed by atoms with E-state index >= 15 is 0 Å². The fourth-order valence-corrected chi connectivity index (χ4v) is 1.03. The van der Waals surface area contributed by atoms with Gasteiger partial charge in [0.15, 0.2) is 0 Å². The van der Waals surface area contributed by atoms with Crippen LogP contribution in [0.3, 0.4) is 0 Å². The van der Waals surface area contributed by atoms with Crippen LogP contribution in [0.4, 0.5) is 0 Å². The van der Waals surface area contributed by atoms with E-state index in [-0.39, 0.29) is 12.6 Å². The molecule has 0 aromatic heterocycles. The summed E-state index contributed by atoms with van der Waals surface area (Å²) in [5, 5.41) is 8.48. The maximum Gasteiger partial charge on any atom is 0.0915 e. The summed E-state index contributed by atoms with van der Waals surface area (Å²) >= 11 is 0. The molecule has 4 heteroatoms. The minimum absolute atomic E-state index is 0.0335. The second kappa shape index (κ2) is 4.90. The Hall–Kier alpha value is 0.0700. The van der Waals surface area contributed by atoms with Crippen molar-refractivity contribution >= 4 is 11.0 Å². The predicted molar refractivity (Wildman–Crippen MR) is 38.4 cm³/mol. The second-order valence-electron chi connectivity index (χ2n) is 1.84. The number of nitrogens with one attached hydrogen (secondary N) is 1. The van der Waals surface area contributed by atoms with Gasteiger partial charge < -0.3 is 5.11 Å². The van der Waals surface area contributed by atoms with Crippen LogP contribution in [0.15, 0.2) is 0 Å². The van der Waals surface area contributed by atoms with E-state index in [1.165, 1.54) is 0 Å². The molecule has 2 atom stereocenters. The summed E-state index contributed by atoms with van der Waals surface area (Å²) in [7, 11) is -0.967. The van der Waals surface area contributed by atoms with Crippen molar-refractivity contribution in [2.75, 3.05) is 12.4 Å². The zero-order chi connectivity index (χ0) is 7.28. The molecule has 0 saturated heterocycles. The van der Waals surface area contributed by atoms with Gasteiger partial charge in [-0.3, -0.25) is 0 Å². The molecule has 0 heterocycles. The topological polar surface area (TPSA) is 49.3 Å². The third-order valence-electron chi connectivity index (χ3n) is 0.869.